The average molecular weight is 532 g/mol. The number of ether oxygens (including phenoxy) is 1. The molecule has 1 saturated carbocycles. The van der Waals surface area contributed by atoms with Crippen LogP contribution >= 0.6 is 0 Å². The molecule has 3 amide bonds. The zero-order valence-corrected chi connectivity index (χ0v) is 22.9. The number of anilines is 1. The molecule has 8 nitrogen and oxygen atoms in total. The summed E-state index contributed by atoms with van der Waals surface area (Å²) in [6.45, 7) is 6.45. The van der Waals surface area contributed by atoms with E-state index in [1.807, 2.05) is 73.7 Å². The van der Waals surface area contributed by atoms with Gasteiger partial charge >= 0.3 is 6.09 Å². The summed E-state index contributed by atoms with van der Waals surface area (Å²) in [6.07, 6.45) is 1.56. The van der Waals surface area contributed by atoms with E-state index in [4.69, 9.17) is 4.74 Å². The predicted molar refractivity (Wildman–Crippen MR) is 151 cm³/mol. The number of hydrogen-bond donors (Lipinski definition) is 3. The number of nitrogens with zero attached hydrogens (tertiary/aromatic N) is 1. The third-order valence-electron chi connectivity index (χ3n) is 6.80. The molecule has 0 spiro atoms. The van der Waals surface area contributed by atoms with Gasteiger partial charge in [0.15, 0.2) is 0 Å². The lowest BCUT2D eigenvalue weighted by Crippen LogP contribution is -2.58. The smallest absolute Gasteiger partial charge is 0.408 e. The minimum atomic E-state index is -1.26. The molecule has 1 fully saturated rings. The Labute approximate surface area is 229 Å². The van der Waals surface area contributed by atoms with Gasteiger partial charge in [-0.1, -0.05) is 60.2 Å². The monoisotopic (exact) mass is 531 g/mol. The Morgan fingerprint density at radius 2 is 1.72 bits per heavy atom. The van der Waals surface area contributed by atoms with E-state index in [9.17, 15) is 19.5 Å². The third-order valence-corrected chi connectivity index (χ3v) is 6.80. The van der Waals surface area contributed by atoms with Crippen molar-refractivity contribution < 1.29 is 24.2 Å². The van der Waals surface area contributed by atoms with Crippen LogP contribution in [0, 0.1) is 6.92 Å². The van der Waals surface area contributed by atoms with Crippen LogP contribution in [0.25, 0.3) is 10.8 Å². The Hall–Kier alpha value is -3.91. The lowest BCUT2D eigenvalue weighted by atomic mass is 9.88. The van der Waals surface area contributed by atoms with Gasteiger partial charge in [0.05, 0.1) is 6.61 Å². The normalized spacial score (nSPS) is 15.1. The number of fused-ring (bicyclic) bond motifs is 1. The molecule has 3 aromatic carbocycles. The Balaban J connectivity index is 1.68. The standard InChI is InChI=1S/C31H37N3O5/c1-20-9-7-12-23(17-20)27(28(36)32-24-16-15-21-10-5-6-11-22(21)18-24)34(25-13-8-14-25)29(37)26(19-35)33-30(38)39-31(2,3)4/h5-7,9-12,15-18,25-27,35H,8,13-14,19H2,1-4H3,(H,32,36)(H,33,38). The van der Waals surface area contributed by atoms with Crippen molar-refractivity contribution in [2.24, 2.45) is 0 Å². The van der Waals surface area contributed by atoms with Gasteiger partial charge in [-0.3, -0.25) is 9.59 Å². The first kappa shape index (κ1) is 28.1. The fourth-order valence-corrected chi connectivity index (χ4v) is 4.75. The first-order chi connectivity index (χ1) is 18.6. The summed E-state index contributed by atoms with van der Waals surface area (Å²) in [6, 6.07) is 18.6. The van der Waals surface area contributed by atoms with Gasteiger partial charge in [0, 0.05) is 11.7 Å². The van der Waals surface area contributed by atoms with E-state index in [1.165, 1.54) is 4.90 Å². The van der Waals surface area contributed by atoms with Crippen molar-refractivity contribution >= 4 is 34.4 Å². The van der Waals surface area contributed by atoms with Crippen molar-refractivity contribution in [2.45, 2.75) is 70.7 Å². The van der Waals surface area contributed by atoms with Crippen molar-refractivity contribution in [1.29, 1.82) is 0 Å². The van der Waals surface area contributed by atoms with Crippen LogP contribution in [0.5, 0.6) is 0 Å². The molecular weight excluding hydrogens is 494 g/mol. The van der Waals surface area contributed by atoms with Crippen LogP contribution < -0.4 is 10.6 Å². The van der Waals surface area contributed by atoms with Crippen molar-refractivity contribution in [3.05, 3.63) is 77.9 Å². The summed E-state index contributed by atoms with van der Waals surface area (Å²) in [5, 5.41) is 17.7. The van der Waals surface area contributed by atoms with E-state index in [0.717, 1.165) is 35.6 Å². The average Bonchev–Trinajstić information content (AvgIpc) is 2.84. The maximum absolute atomic E-state index is 14.0. The second-order valence-electron chi connectivity index (χ2n) is 11.1. The largest absolute Gasteiger partial charge is 0.444 e. The predicted octanol–water partition coefficient (Wildman–Crippen LogP) is 5.09. The van der Waals surface area contributed by atoms with E-state index < -0.39 is 36.3 Å². The lowest BCUT2D eigenvalue weighted by Gasteiger charge is -2.43. The Morgan fingerprint density at radius 3 is 2.33 bits per heavy atom. The Kier molecular flexibility index (Phi) is 8.55. The second kappa shape index (κ2) is 11.9. The Morgan fingerprint density at radius 1 is 1.00 bits per heavy atom. The van der Waals surface area contributed by atoms with Crippen molar-refractivity contribution in [3.8, 4) is 0 Å². The van der Waals surface area contributed by atoms with Gasteiger partial charge in [-0.25, -0.2) is 4.79 Å². The summed E-state index contributed by atoms with van der Waals surface area (Å²) >= 11 is 0. The number of nitrogens with one attached hydrogen (secondary N) is 2. The number of benzene rings is 3. The Bertz CT molecular complexity index is 1350. The van der Waals surface area contributed by atoms with Gasteiger partial charge in [-0.15, -0.1) is 0 Å². The fourth-order valence-electron chi connectivity index (χ4n) is 4.75. The molecule has 1 aliphatic rings. The number of carbonyl (C=O) groups excluding carboxylic acids is 3. The number of carbonyl (C=O) groups is 3. The molecular formula is C31H37N3O5. The van der Waals surface area contributed by atoms with E-state index in [0.29, 0.717) is 11.3 Å². The topological polar surface area (TPSA) is 108 Å². The lowest BCUT2D eigenvalue weighted by molar-refractivity contribution is -0.146. The first-order valence-corrected chi connectivity index (χ1v) is 13.3. The van der Waals surface area contributed by atoms with E-state index in [2.05, 4.69) is 10.6 Å². The first-order valence-electron chi connectivity index (χ1n) is 13.3. The van der Waals surface area contributed by atoms with E-state index in [1.54, 1.807) is 20.8 Å². The fraction of sp³-hybridized carbons (Fsp3) is 0.387. The molecule has 8 heteroatoms. The molecule has 0 bridgehead atoms. The molecule has 1 aliphatic carbocycles. The number of aliphatic hydroxyl groups excluding tert-OH is 1. The van der Waals surface area contributed by atoms with Gasteiger partial charge in [0.2, 0.25) is 5.91 Å². The summed E-state index contributed by atoms with van der Waals surface area (Å²) in [4.78, 5) is 42.0. The zero-order chi connectivity index (χ0) is 28.2. The van der Waals surface area contributed by atoms with Crippen molar-refractivity contribution in [2.75, 3.05) is 11.9 Å². The second-order valence-corrected chi connectivity index (χ2v) is 11.1. The molecule has 0 aromatic heterocycles. The quantitative estimate of drug-likeness (QED) is 0.375. The van der Waals surface area contributed by atoms with Gasteiger partial charge in [0.1, 0.15) is 17.7 Å². The molecule has 0 radical (unpaired) electrons. The highest BCUT2D eigenvalue weighted by atomic mass is 16.6. The van der Waals surface area contributed by atoms with Crippen LogP contribution in [0.3, 0.4) is 0 Å². The molecule has 3 N–H and O–H groups in total. The molecule has 0 heterocycles. The minimum Gasteiger partial charge on any atom is -0.444 e. The molecule has 206 valence electrons. The van der Waals surface area contributed by atoms with Gasteiger partial charge in [0.25, 0.3) is 5.91 Å². The molecule has 0 aliphatic heterocycles. The molecule has 3 aromatic rings. The molecule has 2 unspecified atom stereocenters. The van der Waals surface area contributed by atoms with Gasteiger partial charge in [-0.05, 0) is 75.4 Å². The number of aryl methyl sites for hydroxylation is 1. The SMILES string of the molecule is Cc1cccc(C(C(=O)Nc2ccc3ccccc3c2)N(C(=O)C(CO)NC(=O)OC(C)(C)C)C2CCC2)c1. The van der Waals surface area contributed by atoms with E-state index in [-0.39, 0.29) is 11.9 Å². The van der Waals surface area contributed by atoms with Crippen molar-refractivity contribution in [1.82, 2.24) is 10.2 Å². The maximum Gasteiger partial charge on any atom is 0.408 e. The summed E-state index contributed by atoms with van der Waals surface area (Å²) in [5.74, 6) is -0.904. The summed E-state index contributed by atoms with van der Waals surface area (Å²) in [7, 11) is 0. The summed E-state index contributed by atoms with van der Waals surface area (Å²) in [5.41, 5.74) is 1.44. The van der Waals surface area contributed by atoms with E-state index >= 15 is 0 Å². The highest BCUT2D eigenvalue weighted by Crippen LogP contribution is 2.35. The highest BCUT2D eigenvalue weighted by molar-refractivity contribution is 6.00. The zero-order valence-electron chi connectivity index (χ0n) is 22.9. The third kappa shape index (κ3) is 6.95. The molecule has 4 rings (SSSR count). The minimum absolute atomic E-state index is 0.208. The molecule has 39 heavy (non-hydrogen) atoms. The number of aliphatic hydroxyl groups is 1. The van der Waals surface area contributed by atoms with Crippen LogP contribution in [0.15, 0.2) is 66.7 Å². The van der Waals surface area contributed by atoms with Crippen LogP contribution in [0.4, 0.5) is 10.5 Å². The number of amides is 3. The highest BCUT2D eigenvalue weighted by Gasteiger charge is 2.42. The number of rotatable bonds is 8. The summed E-state index contributed by atoms with van der Waals surface area (Å²) < 4.78 is 5.31. The van der Waals surface area contributed by atoms with Crippen LogP contribution in [0.1, 0.15) is 57.2 Å². The van der Waals surface area contributed by atoms with Crippen LogP contribution in [-0.2, 0) is 14.3 Å². The van der Waals surface area contributed by atoms with Crippen LogP contribution in [0.2, 0.25) is 0 Å². The molecule has 0 saturated heterocycles. The molecule has 2 atom stereocenters. The maximum atomic E-state index is 14.0. The van der Waals surface area contributed by atoms with Gasteiger partial charge < -0.3 is 25.4 Å². The number of hydrogen-bond acceptors (Lipinski definition) is 5. The van der Waals surface area contributed by atoms with Crippen molar-refractivity contribution in [3.63, 3.8) is 0 Å². The van der Waals surface area contributed by atoms with Gasteiger partial charge in [-0.2, -0.15) is 0 Å². The van der Waals surface area contributed by atoms with Crippen LogP contribution in [-0.4, -0.2) is 52.2 Å². The number of alkyl carbamates (subject to hydrolysis) is 1.